The maximum absolute atomic E-state index is 12.0. The van der Waals surface area contributed by atoms with Gasteiger partial charge in [0.15, 0.2) is 0 Å². The summed E-state index contributed by atoms with van der Waals surface area (Å²) in [5.74, 6) is 0.318. The maximum atomic E-state index is 12.0. The van der Waals surface area contributed by atoms with Gasteiger partial charge in [0, 0.05) is 11.0 Å². The minimum absolute atomic E-state index is 0.125. The molecule has 0 aromatic carbocycles. The lowest BCUT2D eigenvalue weighted by atomic mass is 9.43. The number of cyclic esters (lactones) is 1. The normalized spacial score (nSPS) is 44.9. The number of allylic oxidation sites excluding steroid dienone is 1. The van der Waals surface area contributed by atoms with Crippen LogP contribution in [0.25, 0.3) is 0 Å². The van der Waals surface area contributed by atoms with Gasteiger partial charge in [-0.1, -0.05) is 38.8 Å². The highest BCUT2D eigenvalue weighted by Gasteiger charge is 2.61. The van der Waals surface area contributed by atoms with Crippen molar-refractivity contribution >= 4 is 5.97 Å². The summed E-state index contributed by atoms with van der Waals surface area (Å²) in [6.07, 6.45) is 6.99. The predicted octanol–water partition coefficient (Wildman–Crippen LogP) is 3.77. The van der Waals surface area contributed by atoms with E-state index in [4.69, 9.17) is 4.74 Å². The van der Waals surface area contributed by atoms with Crippen molar-refractivity contribution in [3.63, 3.8) is 0 Å². The fraction of sp³-hybridized carbons (Fsp3) is 0.750. The monoisotopic (exact) mass is 316 g/mol. The van der Waals surface area contributed by atoms with E-state index in [1.165, 1.54) is 24.8 Å². The summed E-state index contributed by atoms with van der Waals surface area (Å²) in [5.41, 5.74) is 3.19. The van der Waals surface area contributed by atoms with E-state index in [-0.39, 0.29) is 16.8 Å². The predicted molar refractivity (Wildman–Crippen MR) is 88.6 cm³/mol. The summed E-state index contributed by atoms with van der Waals surface area (Å²) in [6.45, 7) is 9.63. The zero-order valence-electron chi connectivity index (χ0n) is 14.7. The number of hydrogen-bond donors (Lipinski definition) is 1. The first-order chi connectivity index (χ1) is 10.7. The van der Waals surface area contributed by atoms with Crippen molar-refractivity contribution in [2.75, 3.05) is 6.61 Å². The second kappa shape index (κ2) is 4.50. The van der Waals surface area contributed by atoms with Gasteiger partial charge in [0.05, 0.1) is 6.10 Å². The number of hydrogen-bond acceptors (Lipinski definition) is 3. The molecule has 3 aliphatic carbocycles. The van der Waals surface area contributed by atoms with Crippen molar-refractivity contribution in [1.82, 2.24) is 0 Å². The number of esters is 1. The van der Waals surface area contributed by atoms with E-state index < -0.39 is 11.5 Å². The third-order valence-corrected chi connectivity index (χ3v) is 7.63. The van der Waals surface area contributed by atoms with Crippen LogP contribution >= 0.6 is 0 Å². The van der Waals surface area contributed by atoms with Gasteiger partial charge in [-0.2, -0.15) is 0 Å². The average molecular weight is 316 g/mol. The van der Waals surface area contributed by atoms with Crippen LogP contribution in [-0.2, 0) is 9.53 Å². The summed E-state index contributed by atoms with van der Waals surface area (Å²) < 4.78 is 5.31. The van der Waals surface area contributed by atoms with Crippen LogP contribution in [0.1, 0.15) is 59.8 Å². The van der Waals surface area contributed by atoms with Crippen molar-refractivity contribution in [2.24, 2.45) is 22.2 Å². The minimum Gasteiger partial charge on any atom is -0.458 e. The van der Waals surface area contributed by atoms with Crippen molar-refractivity contribution in [3.8, 4) is 0 Å². The molecule has 0 radical (unpaired) electrons. The standard InChI is InChI=1S/C20H28O3/c1-18(2)8-5-9-19(3)14-7-6-12-13(11-23-17(12)22)20(14,4)16(21)10-15(18)19/h7,15-16,21H,5-6,8-11H2,1-4H3/t15-,16+,19+,20-/m0/s1. The summed E-state index contributed by atoms with van der Waals surface area (Å²) >= 11 is 0. The Hall–Kier alpha value is -1.09. The van der Waals surface area contributed by atoms with E-state index in [1.807, 2.05) is 0 Å². The molecule has 0 bridgehead atoms. The van der Waals surface area contributed by atoms with Gasteiger partial charge in [0.1, 0.15) is 6.61 Å². The highest BCUT2D eigenvalue weighted by atomic mass is 16.5. The molecule has 4 rings (SSSR count). The number of rotatable bonds is 0. The molecule has 0 saturated heterocycles. The Morgan fingerprint density at radius 2 is 1.96 bits per heavy atom. The topological polar surface area (TPSA) is 46.5 Å². The number of carbonyl (C=O) groups is 1. The Kier molecular flexibility index (Phi) is 3.02. The molecule has 0 aromatic heterocycles. The minimum atomic E-state index is -0.427. The lowest BCUT2D eigenvalue weighted by molar-refractivity contribution is -0.136. The molecule has 0 aromatic rings. The zero-order chi connectivity index (χ0) is 16.6. The van der Waals surface area contributed by atoms with Crippen molar-refractivity contribution in [2.45, 2.75) is 65.9 Å². The molecule has 2 saturated carbocycles. The van der Waals surface area contributed by atoms with Crippen LogP contribution in [0.15, 0.2) is 22.8 Å². The quantitative estimate of drug-likeness (QED) is 0.546. The van der Waals surface area contributed by atoms with Crippen LogP contribution in [-0.4, -0.2) is 23.8 Å². The second-order valence-corrected chi connectivity index (χ2v) is 9.12. The molecule has 3 nitrogen and oxygen atoms in total. The van der Waals surface area contributed by atoms with Gasteiger partial charge in [-0.05, 0) is 54.9 Å². The van der Waals surface area contributed by atoms with Crippen LogP contribution in [0.5, 0.6) is 0 Å². The van der Waals surface area contributed by atoms with E-state index in [9.17, 15) is 9.90 Å². The number of aliphatic hydroxyl groups is 1. The van der Waals surface area contributed by atoms with Gasteiger partial charge in [-0.25, -0.2) is 4.79 Å². The van der Waals surface area contributed by atoms with Crippen LogP contribution in [0.3, 0.4) is 0 Å². The van der Waals surface area contributed by atoms with E-state index >= 15 is 0 Å². The molecule has 0 unspecified atom stereocenters. The van der Waals surface area contributed by atoms with Gasteiger partial charge in [0.2, 0.25) is 0 Å². The summed E-state index contributed by atoms with van der Waals surface area (Å²) in [5, 5.41) is 11.1. The lowest BCUT2D eigenvalue weighted by Gasteiger charge is -2.62. The van der Waals surface area contributed by atoms with Gasteiger partial charge < -0.3 is 9.84 Å². The molecular formula is C20H28O3. The highest BCUT2D eigenvalue weighted by Crippen LogP contribution is 2.67. The summed E-state index contributed by atoms with van der Waals surface area (Å²) in [4.78, 5) is 12.0. The van der Waals surface area contributed by atoms with E-state index in [0.29, 0.717) is 18.9 Å². The van der Waals surface area contributed by atoms with E-state index in [0.717, 1.165) is 17.6 Å². The number of ether oxygens (including phenoxy) is 1. The van der Waals surface area contributed by atoms with E-state index in [1.54, 1.807) is 0 Å². The summed E-state index contributed by atoms with van der Waals surface area (Å²) in [7, 11) is 0. The molecule has 0 spiro atoms. The number of carbonyl (C=O) groups excluding carboxylic acids is 1. The fourth-order valence-corrected chi connectivity index (χ4v) is 6.37. The number of aliphatic hydroxyl groups excluding tert-OH is 1. The molecule has 1 heterocycles. The van der Waals surface area contributed by atoms with Gasteiger partial charge in [-0.15, -0.1) is 0 Å². The van der Waals surface area contributed by atoms with Crippen molar-refractivity contribution in [1.29, 1.82) is 0 Å². The Balaban J connectivity index is 1.86. The Morgan fingerprint density at radius 1 is 1.22 bits per heavy atom. The SMILES string of the molecule is CC1(C)CCC[C@]2(C)C3=CCC4=C(COC4=O)[C@]3(C)[C@H](O)C[C@@H]12. The molecule has 4 atom stereocenters. The molecule has 2 fully saturated rings. The molecular weight excluding hydrogens is 288 g/mol. The molecule has 4 aliphatic rings. The third-order valence-electron chi connectivity index (χ3n) is 7.63. The largest absolute Gasteiger partial charge is 0.458 e. The van der Waals surface area contributed by atoms with Crippen LogP contribution in [0, 0.1) is 22.2 Å². The molecule has 3 heteroatoms. The van der Waals surface area contributed by atoms with Crippen LogP contribution in [0.4, 0.5) is 0 Å². The Bertz CT molecular complexity index is 641. The first-order valence-corrected chi connectivity index (χ1v) is 9.00. The zero-order valence-corrected chi connectivity index (χ0v) is 14.7. The second-order valence-electron chi connectivity index (χ2n) is 9.12. The molecule has 126 valence electrons. The van der Waals surface area contributed by atoms with Crippen molar-refractivity contribution in [3.05, 3.63) is 22.8 Å². The molecule has 1 N–H and O–H groups in total. The average Bonchev–Trinajstić information content (AvgIpc) is 2.84. The maximum Gasteiger partial charge on any atom is 0.334 e. The highest BCUT2D eigenvalue weighted by molar-refractivity contribution is 5.93. The smallest absolute Gasteiger partial charge is 0.334 e. The Morgan fingerprint density at radius 3 is 2.70 bits per heavy atom. The first kappa shape index (κ1) is 15.4. The van der Waals surface area contributed by atoms with Crippen LogP contribution < -0.4 is 0 Å². The van der Waals surface area contributed by atoms with Gasteiger partial charge in [0.25, 0.3) is 0 Å². The van der Waals surface area contributed by atoms with Gasteiger partial charge >= 0.3 is 5.97 Å². The summed E-state index contributed by atoms with van der Waals surface area (Å²) in [6, 6.07) is 0. The van der Waals surface area contributed by atoms with E-state index in [2.05, 4.69) is 33.8 Å². The first-order valence-electron chi connectivity index (χ1n) is 9.00. The van der Waals surface area contributed by atoms with Gasteiger partial charge in [-0.3, -0.25) is 0 Å². The third kappa shape index (κ3) is 1.77. The molecule has 0 amide bonds. The fourth-order valence-electron chi connectivity index (χ4n) is 6.37. The Labute approximate surface area is 138 Å². The lowest BCUT2D eigenvalue weighted by Crippen LogP contribution is -2.57. The van der Waals surface area contributed by atoms with Crippen LogP contribution in [0.2, 0.25) is 0 Å². The number of fused-ring (bicyclic) bond motifs is 4. The van der Waals surface area contributed by atoms with Crippen molar-refractivity contribution < 1.29 is 14.6 Å². The molecule has 1 aliphatic heterocycles. The molecule has 23 heavy (non-hydrogen) atoms.